The summed E-state index contributed by atoms with van der Waals surface area (Å²) in [5, 5.41) is 29.4. The maximum absolute atomic E-state index is 12.5. The Bertz CT molecular complexity index is 349. The zero-order chi connectivity index (χ0) is 16.8. The Morgan fingerprint density at radius 1 is 0.957 bits per heavy atom. The second-order valence-electron chi connectivity index (χ2n) is 7.38. The first-order valence-electron chi connectivity index (χ1n) is 9.31. The van der Waals surface area contributed by atoms with Crippen LogP contribution in [0.4, 0.5) is 0 Å². The lowest BCUT2D eigenvalue weighted by atomic mass is 9.86. The predicted molar refractivity (Wildman–Crippen MR) is 95.0 cm³/mol. The molecule has 4 N–H and O–H groups in total. The van der Waals surface area contributed by atoms with Crippen molar-refractivity contribution in [1.82, 2.24) is 0 Å². The van der Waals surface area contributed by atoms with Crippen LogP contribution in [0.3, 0.4) is 0 Å². The van der Waals surface area contributed by atoms with Crippen molar-refractivity contribution >= 4 is 21.6 Å². The lowest BCUT2D eigenvalue weighted by Crippen LogP contribution is -3.00. The molecular formula is C17H34N2O2S2. The number of hydrogen-bond donors (Lipinski definition) is 2. The van der Waals surface area contributed by atoms with Crippen molar-refractivity contribution < 1.29 is 20.8 Å². The van der Waals surface area contributed by atoms with E-state index < -0.39 is 12.2 Å². The summed E-state index contributed by atoms with van der Waals surface area (Å²) in [6.45, 7) is 7.59. The van der Waals surface area contributed by atoms with Crippen molar-refractivity contribution in [3.05, 3.63) is 0 Å². The van der Waals surface area contributed by atoms with Crippen LogP contribution < -0.4 is 20.8 Å². The number of rotatable bonds is 7. The summed E-state index contributed by atoms with van der Waals surface area (Å²) in [6, 6.07) is 1.09. The Morgan fingerprint density at radius 2 is 1.57 bits per heavy atom. The lowest BCUT2D eigenvalue weighted by Gasteiger charge is -2.43. The molecule has 0 aliphatic carbocycles. The van der Waals surface area contributed by atoms with Crippen LogP contribution in [0.5, 0.6) is 0 Å². The van der Waals surface area contributed by atoms with Gasteiger partial charge in [0.25, 0.3) is 0 Å². The van der Waals surface area contributed by atoms with E-state index in [1.165, 1.54) is 0 Å². The molecule has 7 unspecified atom stereocenters. The van der Waals surface area contributed by atoms with Crippen LogP contribution >= 0.6 is 21.6 Å². The monoisotopic (exact) mass is 362 g/mol. The molecule has 23 heavy (non-hydrogen) atoms. The molecule has 0 bridgehead atoms. The first kappa shape index (κ1) is 19.9. The Labute approximate surface area is 149 Å². The van der Waals surface area contributed by atoms with E-state index in [9.17, 15) is 10.2 Å². The summed E-state index contributed by atoms with van der Waals surface area (Å²) in [5.74, 6) is 2.52. The molecule has 0 radical (unpaired) electrons. The van der Waals surface area contributed by atoms with Crippen LogP contribution in [0.25, 0.3) is 0 Å². The normalized spacial score (nSPS) is 41.9. The molecule has 2 heterocycles. The standard InChI is InChI=1S/C17H32N2O2S2/c1-4-14-16(20)12(6-7-18-14)9-22-23-10-13-8-11(3)19-15(5-2)17(13)21/h11-19H,4-10H2,1-3H3/q-2/p+2. The van der Waals surface area contributed by atoms with Crippen molar-refractivity contribution in [3.63, 3.8) is 0 Å². The smallest absolute Gasteiger partial charge is 0.0834 e. The summed E-state index contributed by atoms with van der Waals surface area (Å²) in [7, 11) is 3.67. The molecule has 2 saturated heterocycles. The molecule has 0 amide bonds. The average Bonchev–Trinajstić information content (AvgIpc) is 2.55. The van der Waals surface area contributed by atoms with Gasteiger partial charge in [0.05, 0.1) is 24.7 Å². The molecule has 0 aromatic carbocycles. The van der Waals surface area contributed by atoms with Gasteiger partial charge >= 0.3 is 0 Å². The molecule has 2 aliphatic heterocycles. The SMILES string of the molecule is CCC1[NH2+]CCC(CSSCC2CC(C)[NH2+]C(CC)C2[O-])C1[O-]. The van der Waals surface area contributed by atoms with Crippen LogP contribution in [-0.4, -0.2) is 48.4 Å². The van der Waals surface area contributed by atoms with Gasteiger partial charge in [-0.3, -0.25) is 0 Å². The van der Waals surface area contributed by atoms with E-state index in [0.717, 1.165) is 43.7 Å². The Morgan fingerprint density at radius 3 is 2.22 bits per heavy atom. The van der Waals surface area contributed by atoms with Crippen molar-refractivity contribution in [3.8, 4) is 0 Å². The predicted octanol–water partition coefficient (Wildman–Crippen LogP) is -1.06. The quantitative estimate of drug-likeness (QED) is 0.447. The van der Waals surface area contributed by atoms with Crippen LogP contribution in [-0.2, 0) is 0 Å². The minimum Gasteiger partial charge on any atom is -0.848 e. The molecule has 2 fully saturated rings. The third-order valence-corrected chi connectivity index (χ3v) is 8.23. The third-order valence-electron chi connectivity index (χ3n) is 5.62. The zero-order valence-electron chi connectivity index (χ0n) is 14.8. The minimum atomic E-state index is -0.426. The van der Waals surface area contributed by atoms with E-state index in [0.29, 0.717) is 17.9 Å². The molecule has 2 rings (SSSR count). The van der Waals surface area contributed by atoms with Gasteiger partial charge in [-0.2, -0.15) is 0 Å². The molecule has 0 saturated carbocycles. The lowest BCUT2D eigenvalue weighted by molar-refractivity contribution is -0.757. The summed E-state index contributed by atoms with van der Waals surface area (Å²) in [5.41, 5.74) is 0. The number of nitrogens with two attached hydrogens (primary N) is 2. The summed E-state index contributed by atoms with van der Waals surface area (Å²) >= 11 is 0. The Kier molecular flexibility index (Phi) is 8.53. The van der Waals surface area contributed by atoms with Crippen LogP contribution in [0, 0.1) is 11.8 Å². The zero-order valence-corrected chi connectivity index (χ0v) is 16.4. The Hall–Kier alpha value is 0.540. The van der Waals surface area contributed by atoms with Gasteiger partial charge in [-0.15, -0.1) is 0 Å². The third kappa shape index (κ3) is 5.51. The maximum atomic E-state index is 12.5. The van der Waals surface area contributed by atoms with E-state index in [4.69, 9.17) is 0 Å². The fourth-order valence-corrected chi connectivity index (χ4v) is 6.97. The summed E-state index contributed by atoms with van der Waals surface area (Å²) < 4.78 is 0. The van der Waals surface area contributed by atoms with Crippen LogP contribution in [0.2, 0.25) is 0 Å². The van der Waals surface area contributed by atoms with Crippen molar-refractivity contribution in [1.29, 1.82) is 0 Å². The maximum Gasteiger partial charge on any atom is 0.0834 e. The highest BCUT2D eigenvalue weighted by Gasteiger charge is 2.31. The molecule has 6 heteroatoms. The fraction of sp³-hybridized carbons (Fsp3) is 1.00. The van der Waals surface area contributed by atoms with Crippen LogP contribution in [0.1, 0.15) is 46.5 Å². The molecule has 136 valence electrons. The first-order chi connectivity index (χ1) is 11.1. The number of hydrogen-bond acceptors (Lipinski definition) is 4. The molecule has 0 aromatic heterocycles. The molecule has 2 aliphatic rings. The number of quaternary nitrogens is 2. The van der Waals surface area contributed by atoms with Crippen molar-refractivity contribution in [2.45, 2.75) is 76.8 Å². The number of piperidine rings is 2. The minimum absolute atomic E-state index is 0.250. The second kappa shape index (κ2) is 9.88. The largest absolute Gasteiger partial charge is 0.848 e. The van der Waals surface area contributed by atoms with Crippen LogP contribution in [0.15, 0.2) is 0 Å². The first-order valence-corrected chi connectivity index (χ1v) is 11.8. The summed E-state index contributed by atoms with van der Waals surface area (Å²) in [6.07, 6.45) is 3.21. The van der Waals surface area contributed by atoms with E-state index in [1.807, 2.05) is 21.6 Å². The fourth-order valence-electron chi connectivity index (χ4n) is 4.12. The highest BCUT2D eigenvalue weighted by Crippen LogP contribution is 2.31. The van der Waals surface area contributed by atoms with E-state index in [-0.39, 0.29) is 12.1 Å². The van der Waals surface area contributed by atoms with Gasteiger partial charge in [0.15, 0.2) is 0 Å². The van der Waals surface area contributed by atoms with E-state index in [2.05, 4.69) is 31.4 Å². The second-order valence-corrected chi connectivity index (χ2v) is 9.93. The molecule has 0 aromatic rings. The van der Waals surface area contributed by atoms with Gasteiger partial charge in [-0.05, 0) is 38.0 Å². The van der Waals surface area contributed by atoms with Crippen molar-refractivity contribution in [2.24, 2.45) is 11.8 Å². The molecular weight excluding hydrogens is 328 g/mol. The van der Waals surface area contributed by atoms with Gasteiger partial charge in [-0.25, -0.2) is 0 Å². The van der Waals surface area contributed by atoms with Gasteiger partial charge < -0.3 is 20.8 Å². The van der Waals surface area contributed by atoms with Gasteiger partial charge in [0.2, 0.25) is 0 Å². The Balaban J connectivity index is 1.70. The van der Waals surface area contributed by atoms with Gasteiger partial charge in [0, 0.05) is 17.9 Å². The average molecular weight is 363 g/mol. The van der Waals surface area contributed by atoms with Gasteiger partial charge in [0.1, 0.15) is 0 Å². The molecule has 4 nitrogen and oxygen atoms in total. The van der Waals surface area contributed by atoms with Crippen molar-refractivity contribution in [2.75, 3.05) is 18.1 Å². The van der Waals surface area contributed by atoms with E-state index in [1.54, 1.807) is 0 Å². The van der Waals surface area contributed by atoms with Gasteiger partial charge in [-0.1, -0.05) is 47.6 Å². The molecule has 0 spiro atoms. The molecule has 7 atom stereocenters. The highest BCUT2D eigenvalue weighted by atomic mass is 33.1. The van der Waals surface area contributed by atoms with E-state index >= 15 is 0 Å². The topological polar surface area (TPSA) is 79.3 Å². The summed E-state index contributed by atoms with van der Waals surface area (Å²) in [4.78, 5) is 0. The highest BCUT2D eigenvalue weighted by molar-refractivity contribution is 8.76.